The predicted molar refractivity (Wildman–Crippen MR) is 78.8 cm³/mol. The second kappa shape index (κ2) is 7.02. The second-order valence-corrected chi connectivity index (χ2v) is 8.33. The average molecular weight is 317 g/mol. The monoisotopic (exact) mass is 317 g/mol. The zero-order valence-corrected chi connectivity index (χ0v) is 14.0. The van der Waals surface area contributed by atoms with Gasteiger partial charge in [-0.15, -0.1) is 5.10 Å². The molecule has 1 aromatic heterocycles. The van der Waals surface area contributed by atoms with Gasteiger partial charge in [0.15, 0.2) is 15.5 Å². The Morgan fingerprint density at radius 3 is 2.43 bits per heavy atom. The second-order valence-electron chi connectivity index (χ2n) is 5.65. The third kappa shape index (κ3) is 4.80. The van der Waals surface area contributed by atoms with E-state index in [1.165, 1.54) is 4.68 Å². The van der Waals surface area contributed by atoms with Gasteiger partial charge in [0, 0.05) is 0 Å². The molecule has 0 N–H and O–H groups in total. The van der Waals surface area contributed by atoms with Crippen molar-refractivity contribution < 1.29 is 17.9 Å². The molecule has 21 heavy (non-hydrogen) atoms. The molecule has 1 rings (SSSR count). The van der Waals surface area contributed by atoms with E-state index in [1.807, 2.05) is 13.8 Å². The van der Waals surface area contributed by atoms with Crippen LogP contribution in [0.2, 0.25) is 0 Å². The highest BCUT2D eigenvalue weighted by atomic mass is 32.2. The van der Waals surface area contributed by atoms with Crippen molar-refractivity contribution in [2.24, 2.45) is 5.92 Å². The molecule has 0 unspecified atom stereocenters. The molecule has 0 bridgehead atoms. The highest BCUT2D eigenvalue weighted by molar-refractivity contribution is 7.91. The Morgan fingerprint density at radius 1 is 1.29 bits per heavy atom. The maximum absolute atomic E-state index is 11.8. The molecule has 0 amide bonds. The van der Waals surface area contributed by atoms with Crippen molar-refractivity contribution in [1.29, 1.82) is 0 Å². The lowest BCUT2D eigenvalue weighted by Gasteiger charge is -2.08. The van der Waals surface area contributed by atoms with Crippen LogP contribution in [0, 0.1) is 12.8 Å². The molecule has 0 fully saturated rings. The molecule has 0 atom stereocenters. The summed E-state index contributed by atoms with van der Waals surface area (Å²) in [6.45, 7) is 9.32. The number of aryl methyl sites for hydroxylation is 1. The number of carbonyl (C=O) groups excluding carboxylic acids is 1. The maximum Gasteiger partial charge on any atom is 0.360 e. The van der Waals surface area contributed by atoms with Gasteiger partial charge in [-0.25, -0.2) is 17.9 Å². The molecule has 0 saturated carbocycles. The van der Waals surface area contributed by atoms with Gasteiger partial charge in [0.1, 0.15) is 0 Å². The Bertz CT molecular complexity index is 591. The van der Waals surface area contributed by atoms with Crippen molar-refractivity contribution in [3.8, 4) is 0 Å². The highest BCUT2D eigenvalue weighted by Gasteiger charge is 2.21. The summed E-state index contributed by atoms with van der Waals surface area (Å²) in [6.07, 6.45) is 0. The van der Waals surface area contributed by atoms with Crippen LogP contribution in [0.5, 0.6) is 0 Å². The largest absolute Gasteiger partial charge is 0.461 e. The fourth-order valence-corrected chi connectivity index (χ4v) is 2.42. The van der Waals surface area contributed by atoms with Crippen LogP contribution in [0.15, 0.2) is 0 Å². The van der Waals surface area contributed by atoms with Crippen molar-refractivity contribution in [2.45, 2.75) is 46.4 Å². The van der Waals surface area contributed by atoms with Crippen LogP contribution < -0.4 is 0 Å². The molecule has 1 heterocycles. The molecular formula is C13H23N3O4S. The van der Waals surface area contributed by atoms with Crippen molar-refractivity contribution in [3.63, 3.8) is 0 Å². The van der Waals surface area contributed by atoms with E-state index in [2.05, 4.69) is 10.3 Å². The Labute approximate surface area is 125 Å². The van der Waals surface area contributed by atoms with E-state index < -0.39 is 21.1 Å². The Balaban J connectivity index is 2.74. The molecule has 7 nitrogen and oxygen atoms in total. The lowest BCUT2D eigenvalue weighted by molar-refractivity contribution is 0.0451. The summed E-state index contributed by atoms with van der Waals surface area (Å²) < 4.78 is 30.1. The van der Waals surface area contributed by atoms with Crippen LogP contribution in [0.4, 0.5) is 0 Å². The van der Waals surface area contributed by atoms with Crippen LogP contribution in [0.3, 0.4) is 0 Å². The molecule has 0 aliphatic heterocycles. The van der Waals surface area contributed by atoms with Gasteiger partial charge in [0.2, 0.25) is 0 Å². The maximum atomic E-state index is 11.8. The van der Waals surface area contributed by atoms with Crippen molar-refractivity contribution in [3.05, 3.63) is 11.4 Å². The first kappa shape index (κ1) is 17.6. The average Bonchev–Trinajstić information content (AvgIpc) is 2.75. The summed E-state index contributed by atoms with van der Waals surface area (Å²) in [5.41, 5.74) is 0.653. The summed E-state index contributed by atoms with van der Waals surface area (Å²) >= 11 is 0. The van der Waals surface area contributed by atoms with Gasteiger partial charge >= 0.3 is 5.97 Å². The van der Waals surface area contributed by atoms with Gasteiger partial charge in [-0.2, -0.15) is 0 Å². The number of hydrogen-bond donors (Lipinski definition) is 0. The molecule has 0 aromatic carbocycles. The van der Waals surface area contributed by atoms with E-state index in [0.29, 0.717) is 12.3 Å². The lowest BCUT2D eigenvalue weighted by atomic mass is 10.2. The molecule has 120 valence electrons. The third-order valence-corrected chi connectivity index (χ3v) is 5.22. The van der Waals surface area contributed by atoms with Crippen LogP contribution in [0.25, 0.3) is 0 Å². The fourth-order valence-electron chi connectivity index (χ4n) is 1.52. The third-order valence-electron chi connectivity index (χ3n) is 3.03. The van der Waals surface area contributed by atoms with Crippen LogP contribution >= 0.6 is 0 Å². The predicted octanol–water partition coefficient (Wildman–Crippen LogP) is 1.22. The van der Waals surface area contributed by atoms with Crippen molar-refractivity contribution >= 4 is 15.8 Å². The standard InChI is InChI=1S/C13H23N3O4S/c1-9(2)8-20-13(17)12-11(5)16(15-14-12)6-7-21(18,19)10(3)4/h9-10H,6-8H2,1-5H3. The molecule has 0 aliphatic rings. The summed E-state index contributed by atoms with van der Waals surface area (Å²) in [6, 6.07) is 0. The summed E-state index contributed by atoms with van der Waals surface area (Å²) in [4.78, 5) is 11.8. The van der Waals surface area contributed by atoms with E-state index in [-0.39, 0.29) is 23.9 Å². The SMILES string of the molecule is Cc1c(C(=O)OCC(C)C)nnn1CCS(=O)(=O)C(C)C. The topological polar surface area (TPSA) is 91.2 Å². The van der Waals surface area contributed by atoms with E-state index in [1.54, 1.807) is 20.8 Å². The van der Waals surface area contributed by atoms with E-state index >= 15 is 0 Å². The van der Waals surface area contributed by atoms with Crippen LogP contribution in [0.1, 0.15) is 43.9 Å². The van der Waals surface area contributed by atoms with Crippen LogP contribution in [-0.2, 0) is 21.1 Å². The number of nitrogens with zero attached hydrogens (tertiary/aromatic N) is 3. The fraction of sp³-hybridized carbons (Fsp3) is 0.769. The first-order valence-electron chi connectivity index (χ1n) is 6.94. The Hall–Kier alpha value is -1.44. The minimum absolute atomic E-state index is 0.0324. The summed E-state index contributed by atoms with van der Waals surface area (Å²) in [5.74, 6) is -0.324. The van der Waals surface area contributed by atoms with E-state index in [4.69, 9.17) is 4.74 Å². The van der Waals surface area contributed by atoms with Gasteiger partial charge in [0.05, 0.1) is 29.8 Å². The minimum atomic E-state index is -3.15. The zero-order valence-electron chi connectivity index (χ0n) is 13.2. The molecule has 0 spiro atoms. The number of hydrogen-bond acceptors (Lipinski definition) is 6. The quantitative estimate of drug-likeness (QED) is 0.702. The molecular weight excluding hydrogens is 294 g/mol. The Morgan fingerprint density at radius 2 is 1.90 bits per heavy atom. The van der Waals surface area contributed by atoms with Gasteiger partial charge in [0.25, 0.3) is 0 Å². The van der Waals surface area contributed by atoms with Gasteiger partial charge in [-0.05, 0) is 26.7 Å². The first-order chi connectivity index (χ1) is 9.65. The smallest absolute Gasteiger partial charge is 0.360 e. The minimum Gasteiger partial charge on any atom is -0.461 e. The van der Waals surface area contributed by atoms with E-state index in [0.717, 1.165) is 0 Å². The first-order valence-corrected chi connectivity index (χ1v) is 8.65. The van der Waals surface area contributed by atoms with Gasteiger partial charge in [-0.3, -0.25) is 0 Å². The van der Waals surface area contributed by atoms with Crippen molar-refractivity contribution in [1.82, 2.24) is 15.0 Å². The molecule has 8 heteroatoms. The summed E-state index contributed by atoms with van der Waals surface area (Å²) in [7, 11) is -3.15. The molecule has 0 radical (unpaired) electrons. The number of ether oxygens (including phenoxy) is 1. The van der Waals surface area contributed by atoms with Gasteiger partial charge < -0.3 is 4.74 Å². The normalized spacial score (nSPS) is 12.1. The number of sulfone groups is 1. The number of rotatable bonds is 7. The van der Waals surface area contributed by atoms with Crippen molar-refractivity contribution in [2.75, 3.05) is 12.4 Å². The van der Waals surface area contributed by atoms with Crippen LogP contribution in [-0.4, -0.2) is 47.0 Å². The summed E-state index contributed by atoms with van der Waals surface area (Å²) in [5, 5.41) is 7.18. The van der Waals surface area contributed by atoms with Gasteiger partial charge in [-0.1, -0.05) is 19.1 Å². The lowest BCUT2D eigenvalue weighted by Crippen LogP contribution is -2.22. The highest BCUT2D eigenvalue weighted by Crippen LogP contribution is 2.08. The Kier molecular flexibility index (Phi) is 5.88. The molecule has 1 aromatic rings. The number of aromatic nitrogens is 3. The number of carbonyl (C=O) groups is 1. The number of esters is 1. The zero-order chi connectivity index (χ0) is 16.2. The van der Waals surface area contributed by atoms with E-state index in [9.17, 15) is 13.2 Å². The molecule has 0 aliphatic carbocycles. The molecule has 0 saturated heterocycles.